The molecule has 0 unspecified atom stereocenters. The Kier molecular flexibility index (Phi) is 3.57. The Bertz CT molecular complexity index is 719. The molecule has 0 saturated carbocycles. The van der Waals surface area contributed by atoms with Gasteiger partial charge in [0.15, 0.2) is 11.5 Å². The molecule has 104 valence electrons. The molecule has 10 nitrogen and oxygen atoms in total. The molecule has 20 heavy (non-hydrogen) atoms. The molecule has 0 aliphatic carbocycles. The van der Waals surface area contributed by atoms with Gasteiger partial charge in [0.25, 0.3) is 17.2 Å². The lowest BCUT2D eigenvalue weighted by Crippen LogP contribution is -2.30. The number of nitrogens with zero attached hydrogens (tertiary/aromatic N) is 3. The van der Waals surface area contributed by atoms with Crippen LogP contribution in [0.1, 0.15) is 16.2 Å². The number of hydrazine groups is 1. The van der Waals surface area contributed by atoms with Crippen LogP contribution in [0.15, 0.2) is 33.7 Å². The number of hydrogen-bond acceptors (Lipinski definition) is 7. The van der Waals surface area contributed by atoms with E-state index in [1.165, 1.54) is 6.07 Å². The van der Waals surface area contributed by atoms with Gasteiger partial charge in [0.05, 0.1) is 17.7 Å². The van der Waals surface area contributed by atoms with E-state index in [1.54, 1.807) is 0 Å². The highest BCUT2D eigenvalue weighted by Crippen LogP contribution is 2.09. The molecular weight excluding hydrogens is 270 g/mol. The molecule has 0 aliphatic rings. The number of nitrogen functional groups attached to an aromatic ring is 1. The first-order chi connectivity index (χ1) is 9.51. The fourth-order valence-corrected chi connectivity index (χ4v) is 1.49. The van der Waals surface area contributed by atoms with Gasteiger partial charge in [0.1, 0.15) is 0 Å². The van der Waals surface area contributed by atoms with Gasteiger partial charge in [-0.2, -0.15) is 0 Å². The van der Waals surface area contributed by atoms with E-state index in [4.69, 9.17) is 10.4 Å². The quantitative estimate of drug-likeness (QED) is 0.328. The van der Waals surface area contributed by atoms with E-state index < -0.39 is 16.4 Å². The number of pyridine rings is 1. The second-order valence-corrected chi connectivity index (χ2v) is 3.76. The zero-order valence-corrected chi connectivity index (χ0v) is 9.98. The number of hydrogen-bond donors (Lipinski definition) is 2. The highest BCUT2D eigenvalue weighted by Gasteiger charge is 2.13. The monoisotopic (exact) mass is 279 g/mol. The van der Waals surface area contributed by atoms with Crippen LogP contribution in [-0.2, 0) is 6.54 Å². The minimum atomic E-state index is -0.647. The molecule has 0 fully saturated rings. The van der Waals surface area contributed by atoms with E-state index in [0.29, 0.717) is 0 Å². The Morgan fingerprint density at radius 2 is 2.30 bits per heavy atom. The van der Waals surface area contributed by atoms with Crippen LogP contribution < -0.4 is 16.8 Å². The van der Waals surface area contributed by atoms with Crippen molar-refractivity contribution < 1.29 is 14.2 Å². The molecule has 0 radical (unpaired) electrons. The summed E-state index contributed by atoms with van der Waals surface area (Å²) in [5.74, 6) is 4.47. The minimum Gasteiger partial charge on any atom is -0.359 e. The highest BCUT2D eigenvalue weighted by atomic mass is 16.6. The lowest BCUT2D eigenvalue weighted by atomic mass is 10.3. The normalized spacial score (nSPS) is 10.2. The SMILES string of the molecule is NNC(=O)c1cc(Cn2cc([N+](=O)[O-])ccc2=O)on1. The maximum atomic E-state index is 11.6. The Morgan fingerprint density at radius 3 is 2.95 bits per heavy atom. The third kappa shape index (κ3) is 2.70. The molecule has 0 spiro atoms. The molecule has 2 aromatic heterocycles. The van der Waals surface area contributed by atoms with Crippen LogP contribution in [0, 0.1) is 10.1 Å². The number of carbonyl (C=O) groups excluding carboxylic acids is 1. The molecule has 10 heteroatoms. The van der Waals surface area contributed by atoms with Crippen molar-refractivity contribution in [1.29, 1.82) is 0 Å². The summed E-state index contributed by atoms with van der Waals surface area (Å²) < 4.78 is 5.92. The molecule has 2 rings (SSSR count). The van der Waals surface area contributed by atoms with Gasteiger partial charge in [-0.05, 0) is 0 Å². The number of carbonyl (C=O) groups is 1. The predicted octanol–water partition coefficient (Wildman–Crippen LogP) is -0.604. The topological polar surface area (TPSA) is 146 Å². The van der Waals surface area contributed by atoms with Crippen LogP contribution in [0.3, 0.4) is 0 Å². The Balaban J connectivity index is 2.28. The first-order valence-electron chi connectivity index (χ1n) is 5.32. The van der Waals surface area contributed by atoms with Crippen LogP contribution in [-0.4, -0.2) is 20.6 Å². The summed E-state index contributed by atoms with van der Waals surface area (Å²) in [7, 11) is 0. The van der Waals surface area contributed by atoms with Crippen molar-refractivity contribution in [1.82, 2.24) is 15.1 Å². The van der Waals surface area contributed by atoms with Crippen molar-refractivity contribution in [2.75, 3.05) is 0 Å². The molecule has 0 saturated heterocycles. The summed E-state index contributed by atoms with van der Waals surface area (Å²) >= 11 is 0. The largest absolute Gasteiger partial charge is 0.359 e. The zero-order chi connectivity index (χ0) is 14.7. The standard InChI is InChI=1S/C10H9N5O5/c11-12-10(17)8-3-7(20-13-8)5-14-4-6(15(18)19)1-2-9(14)16/h1-4H,5,11H2,(H,12,17). The van der Waals surface area contributed by atoms with Crippen molar-refractivity contribution in [3.63, 3.8) is 0 Å². The lowest BCUT2D eigenvalue weighted by molar-refractivity contribution is -0.385. The summed E-state index contributed by atoms with van der Waals surface area (Å²) in [6.07, 6.45) is 1.08. The number of aromatic nitrogens is 2. The van der Waals surface area contributed by atoms with Crippen LogP contribution in [0.4, 0.5) is 5.69 Å². The first-order valence-corrected chi connectivity index (χ1v) is 5.32. The fraction of sp³-hybridized carbons (Fsp3) is 0.100. The molecule has 2 heterocycles. The second-order valence-electron chi connectivity index (χ2n) is 3.76. The molecule has 0 atom stereocenters. The third-order valence-corrected chi connectivity index (χ3v) is 2.43. The van der Waals surface area contributed by atoms with Gasteiger partial charge >= 0.3 is 0 Å². The summed E-state index contributed by atoms with van der Waals surface area (Å²) in [6, 6.07) is 3.46. The Morgan fingerprint density at radius 1 is 1.55 bits per heavy atom. The van der Waals surface area contributed by atoms with Gasteiger partial charge in [-0.3, -0.25) is 25.1 Å². The van der Waals surface area contributed by atoms with Crippen molar-refractivity contribution >= 4 is 11.6 Å². The van der Waals surface area contributed by atoms with Gasteiger partial charge in [0.2, 0.25) is 0 Å². The van der Waals surface area contributed by atoms with Crippen molar-refractivity contribution in [2.24, 2.45) is 5.84 Å². The molecule has 0 bridgehead atoms. The maximum Gasteiger partial charge on any atom is 0.287 e. The summed E-state index contributed by atoms with van der Waals surface area (Å²) in [5, 5.41) is 14.1. The van der Waals surface area contributed by atoms with E-state index in [0.717, 1.165) is 22.9 Å². The van der Waals surface area contributed by atoms with Gasteiger partial charge in [-0.15, -0.1) is 0 Å². The molecule has 1 amide bonds. The predicted molar refractivity (Wildman–Crippen MR) is 64.6 cm³/mol. The number of nitro groups is 1. The first kappa shape index (κ1) is 13.4. The average molecular weight is 279 g/mol. The van der Waals surface area contributed by atoms with Crippen LogP contribution in [0.5, 0.6) is 0 Å². The van der Waals surface area contributed by atoms with E-state index >= 15 is 0 Å². The van der Waals surface area contributed by atoms with Crippen LogP contribution in [0.2, 0.25) is 0 Å². The summed E-state index contributed by atoms with van der Waals surface area (Å²) in [5.41, 5.74) is 1.14. The van der Waals surface area contributed by atoms with Crippen molar-refractivity contribution in [2.45, 2.75) is 6.54 Å². The Labute approximate surface area is 110 Å². The van der Waals surface area contributed by atoms with E-state index in [2.05, 4.69) is 5.16 Å². The molecule has 0 aliphatic heterocycles. The Hall–Kier alpha value is -3.01. The van der Waals surface area contributed by atoms with Gasteiger partial charge in [0, 0.05) is 18.2 Å². The number of nitrogens with one attached hydrogen (secondary N) is 1. The third-order valence-electron chi connectivity index (χ3n) is 2.43. The molecule has 3 N–H and O–H groups in total. The second kappa shape index (κ2) is 5.32. The molecule has 0 aromatic carbocycles. The highest BCUT2D eigenvalue weighted by molar-refractivity contribution is 5.91. The van der Waals surface area contributed by atoms with Gasteiger partial charge in [-0.25, -0.2) is 5.84 Å². The average Bonchev–Trinajstić information content (AvgIpc) is 2.88. The van der Waals surface area contributed by atoms with Crippen molar-refractivity contribution in [3.8, 4) is 0 Å². The molecular formula is C10H9N5O5. The number of nitrogens with two attached hydrogens (primary N) is 1. The fourth-order valence-electron chi connectivity index (χ4n) is 1.49. The van der Waals surface area contributed by atoms with E-state index in [1.807, 2.05) is 5.43 Å². The summed E-state index contributed by atoms with van der Waals surface area (Å²) in [4.78, 5) is 32.8. The maximum absolute atomic E-state index is 11.6. The van der Waals surface area contributed by atoms with Crippen LogP contribution >= 0.6 is 0 Å². The number of rotatable bonds is 4. The minimum absolute atomic E-state index is 0.0546. The van der Waals surface area contributed by atoms with E-state index in [-0.39, 0.29) is 23.7 Å². The van der Waals surface area contributed by atoms with Gasteiger partial charge < -0.3 is 9.09 Å². The van der Waals surface area contributed by atoms with E-state index in [9.17, 15) is 19.7 Å². The van der Waals surface area contributed by atoms with Crippen molar-refractivity contribution in [3.05, 3.63) is 56.3 Å². The molecule has 2 aromatic rings. The zero-order valence-electron chi connectivity index (χ0n) is 9.98. The van der Waals surface area contributed by atoms with Crippen LogP contribution in [0.25, 0.3) is 0 Å². The smallest absolute Gasteiger partial charge is 0.287 e. The number of amides is 1. The lowest BCUT2D eigenvalue weighted by Gasteiger charge is -2.01. The van der Waals surface area contributed by atoms with Gasteiger partial charge in [-0.1, -0.05) is 5.16 Å². The summed E-state index contributed by atoms with van der Waals surface area (Å²) in [6.45, 7) is -0.0919.